The summed E-state index contributed by atoms with van der Waals surface area (Å²) in [6.45, 7) is 7.98. The number of aryl methyl sites for hydroxylation is 1. The van der Waals surface area contributed by atoms with Crippen LogP contribution in [0.3, 0.4) is 0 Å². The van der Waals surface area contributed by atoms with Gasteiger partial charge >= 0.3 is 0 Å². The van der Waals surface area contributed by atoms with Crippen molar-refractivity contribution in [2.45, 2.75) is 45.1 Å². The summed E-state index contributed by atoms with van der Waals surface area (Å²) in [6.07, 6.45) is 3.08. The highest BCUT2D eigenvalue weighted by atomic mass is 127. The second kappa shape index (κ2) is 13.1. The number of likely N-dealkylation sites (N-methyl/N-ethyl adjacent to an activating group) is 1. The molecule has 1 fully saturated rings. The second-order valence-corrected chi connectivity index (χ2v) is 7.97. The Bertz CT molecular complexity index is 647. The average Bonchev–Trinajstić information content (AvgIpc) is 3.15. The summed E-state index contributed by atoms with van der Waals surface area (Å²) >= 11 is 0. The molecule has 2 unspecified atom stereocenters. The Morgan fingerprint density at radius 2 is 1.97 bits per heavy atom. The summed E-state index contributed by atoms with van der Waals surface area (Å²) < 4.78 is 0. The number of benzene rings is 1. The van der Waals surface area contributed by atoms with Gasteiger partial charge < -0.3 is 15.5 Å². The number of nitrogens with one attached hydrogen (secondary N) is 2. The second-order valence-electron chi connectivity index (χ2n) is 7.97. The number of hydrogen-bond donors (Lipinski definition) is 2. The van der Waals surface area contributed by atoms with E-state index in [0.29, 0.717) is 5.92 Å². The molecule has 1 aromatic rings. The molecule has 2 atom stereocenters. The van der Waals surface area contributed by atoms with Crippen molar-refractivity contribution in [1.82, 2.24) is 20.4 Å². The molecule has 0 bridgehead atoms. The van der Waals surface area contributed by atoms with Crippen LogP contribution in [0, 0.1) is 6.92 Å². The number of carbonyl (C=O) groups excluding carboxylic acids is 1. The standard InChI is InChI=1S/C22H37N5O.HI/c1-17-9-11-19(12-10-17)18(2)16-25-22(23-3)24-13-7-15-27-14-6-8-20(27)21(28)26(4)5;/h9-12,18,20H,6-8,13-16H2,1-5H3,(H2,23,24,25);1H. The lowest BCUT2D eigenvalue weighted by molar-refractivity contribution is -0.133. The van der Waals surface area contributed by atoms with E-state index in [-0.39, 0.29) is 35.9 Å². The minimum Gasteiger partial charge on any atom is -0.356 e. The van der Waals surface area contributed by atoms with Crippen molar-refractivity contribution >= 4 is 35.8 Å². The summed E-state index contributed by atoms with van der Waals surface area (Å²) in [5.41, 5.74) is 2.62. The van der Waals surface area contributed by atoms with Crippen LogP contribution in [0.5, 0.6) is 0 Å². The van der Waals surface area contributed by atoms with E-state index in [2.05, 4.69) is 58.6 Å². The Morgan fingerprint density at radius 3 is 2.59 bits per heavy atom. The first-order valence-electron chi connectivity index (χ1n) is 10.4. The van der Waals surface area contributed by atoms with Crippen LogP contribution >= 0.6 is 24.0 Å². The first-order chi connectivity index (χ1) is 13.4. The van der Waals surface area contributed by atoms with Crippen LogP contribution in [-0.4, -0.2) is 75.0 Å². The van der Waals surface area contributed by atoms with Crippen LogP contribution < -0.4 is 10.6 Å². The molecule has 2 N–H and O–H groups in total. The number of guanidine groups is 1. The van der Waals surface area contributed by atoms with Gasteiger partial charge in [-0.25, -0.2) is 0 Å². The molecule has 1 heterocycles. The molecule has 1 amide bonds. The van der Waals surface area contributed by atoms with Gasteiger partial charge in [0.25, 0.3) is 0 Å². The number of hydrogen-bond acceptors (Lipinski definition) is 3. The first-order valence-corrected chi connectivity index (χ1v) is 10.4. The van der Waals surface area contributed by atoms with E-state index in [1.807, 2.05) is 14.1 Å². The molecule has 7 heteroatoms. The van der Waals surface area contributed by atoms with E-state index in [9.17, 15) is 4.79 Å². The van der Waals surface area contributed by atoms with E-state index in [1.54, 1.807) is 11.9 Å². The Labute approximate surface area is 193 Å². The molecule has 0 radical (unpaired) electrons. The monoisotopic (exact) mass is 515 g/mol. The van der Waals surface area contributed by atoms with Crippen LogP contribution in [0.2, 0.25) is 0 Å². The van der Waals surface area contributed by atoms with Gasteiger partial charge in [0.05, 0.1) is 6.04 Å². The fourth-order valence-corrected chi connectivity index (χ4v) is 3.64. The highest BCUT2D eigenvalue weighted by Gasteiger charge is 2.30. The quantitative estimate of drug-likeness (QED) is 0.242. The molecule has 0 aromatic heterocycles. The van der Waals surface area contributed by atoms with Crippen LogP contribution in [0.15, 0.2) is 29.3 Å². The summed E-state index contributed by atoms with van der Waals surface area (Å²) in [6, 6.07) is 8.76. The van der Waals surface area contributed by atoms with Gasteiger partial charge in [-0.1, -0.05) is 36.8 Å². The molecule has 1 saturated heterocycles. The van der Waals surface area contributed by atoms with Gasteiger partial charge in [0.1, 0.15) is 0 Å². The topological polar surface area (TPSA) is 60.0 Å². The molecule has 164 valence electrons. The number of halogens is 1. The molecule has 2 rings (SSSR count). The fraction of sp³-hybridized carbons (Fsp3) is 0.636. The maximum Gasteiger partial charge on any atom is 0.239 e. The van der Waals surface area contributed by atoms with Crippen LogP contribution in [-0.2, 0) is 4.79 Å². The van der Waals surface area contributed by atoms with Crippen molar-refractivity contribution in [2.24, 2.45) is 4.99 Å². The minimum atomic E-state index is 0. The zero-order valence-electron chi connectivity index (χ0n) is 18.6. The van der Waals surface area contributed by atoms with Crippen molar-refractivity contribution in [3.05, 3.63) is 35.4 Å². The summed E-state index contributed by atoms with van der Waals surface area (Å²) in [5.74, 6) is 1.48. The van der Waals surface area contributed by atoms with Gasteiger partial charge in [-0.05, 0) is 44.2 Å². The van der Waals surface area contributed by atoms with Gasteiger partial charge in [-0.3, -0.25) is 14.7 Å². The molecule has 0 aliphatic carbocycles. The SMILES string of the molecule is CN=C(NCCCN1CCCC1C(=O)N(C)C)NCC(C)c1ccc(C)cc1.I. The summed E-state index contributed by atoms with van der Waals surface area (Å²) in [4.78, 5) is 20.6. The van der Waals surface area contributed by atoms with Gasteiger partial charge in [0, 0.05) is 40.8 Å². The molecule has 1 aromatic carbocycles. The normalized spacial score (nSPS) is 18.1. The summed E-state index contributed by atoms with van der Waals surface area (Å²) in [5, 5.41) is 6.81. The van der Waals surface area contributed by atoms with E-state index in [4.69, 9.17) is 0 Å². The molecule has 6 nitrogen and oxygen atoms in total. The van der Waals surface area contributed by atoms with E-state index < -0.39 is 0 Å². The third kappa shape index (κ3) is 8.12. The molecule has 29 heavy (non-hydrogen) atoms. The van der Waals surface area contributed by atoms with Gasteiger partial charge in [-0.15, -0.1) is 24.0 Å². The van der Waals surface area contributed by atoms with Crippen molar-refractivity contribution < 1.29 is 4.79 Å². The number of likely N-dealkylation sites (tertiary alicyclic amines) is 1. The van der Waals surface area contributed by atoms with Gasteiger partial charge in [0.15, 0.2) is 5.96 Å². The predicted molar refractivity (Wildman–Crippen MR) is 132 cm³/mol. The maximum atomic E-state index is 12.3. The van der Waals surface area contributed by atoms with Crippen molar-refractivity contribution in [3.63, 3.8) is 0 Å². The number of nitrogens with zero attached hydrogens (tertiary/aromatic N) is 3. The predicted octanol–water partition coefficient (Wildman–Crippen LogP) is 2.82. The smallest absolute Gasteiger partial charge is 0.239 e. The first kappa shape index (κ1) is 25.7. The fourth-order valence-electron chi connectivity index (χ4n) is 3.64. The van der Waals surface area contributed by atoms with Crippen molar-refractivity contribution in [1.29, 1.82) is 0 Å². The number of aliphatic imine (C=N–C) groups is 1. The molecule has 1 aliphatic rings. The highest BCUT2D eigenvalue weighted by Crippen LogP contribution is 2.18. The van der Waals surface area contributed by atoms with Crippen molar-refractivity contribution in [3.8, 4) is 0 Å². The van der Waals surface area contributed by atoms with Crippen LogP contribution in [0.25, 0.3) is 0 Å². The maximum absolute atomic E-state index is 12.3. The lowest BCUT2D eigenvalue weighted by Gasteiger charge is -2.26. The zero-order valence-corrected chi connectivity index (χ0v) is 20.9. The average molecular weight is 515 g/mol. The van der Waals surface area contributed by atoms with E-state index in [0.717, 1.165) is 51.4 Å². The Balaban J connectivity index is 0.00000420. The Hall–Kier alpha value is -1.35. The van der Waals surface area contributed by atoms with Gasteiger partial charge in [0.2, 0.25) is 5.91 Å². The van der Waals surface area contributed by atoms with E-state index >= 15 is 0 Å². The lowest BCUT2D eigenvalue weighted by Crippen LogP contribution is -2.44. The molecule has 0 spiro atoms. The highest BCUT2D eigenvalue weighted by molar-refractivity contribution is 14.0. The van der Waals surface area contributed by atoms with Crippen LogP contribution in [0.4, 0.5) is 0 Å². The minimum absolute atomic E-state index is 0. The Kier molecular flexibility index (Phi) is 11.6. The molecule has 1 aliphatic heterocycles. The van der Waals surface area contributed by atoms with Crippen LogP contribution in [0.1, 0.15) is 43.2 Å². The van der Waals surface area contributed by atoms with E-state index in [1.165, 1.54) is 11.1 Å². The number of carbonyl (C=O) groups is 1. The molecule has 0 saturated carbocycles. The number of amides is 1. The third-order valence-corrected chi connectivity index (χ3v) is 5.45. The molecular weight excluding hydrogens is 477 g/mol. The molecular formula is C22H38IN5O. The largest absolute Gasteiger partial charge is 0.356 e. The third-order valence-electron chi connectivity index (χ3n) is 5.45. The zero-order chi connectivity index (χ0) is 20.5. The number of rotatable bonds is 8. The lowest BCUT2D eigenvalue weighted by atomic mass is 10.0. The summed E-state index contributed by atoms with van der Waals surface area (Å²) in [7, 11) is 5.49. The Morgan fingerprint density at radius 1 is 1.28 bits per heavy atom. The van der Waals surface area contributed by atoms with Gasteiger partial charge in [-0.2, -0.15) is 0 Å². The van der Waals surface area contributed by atoms with Crippen molar-refractivity contribution in [2.75, 3.05) is 47.3 Å².